The molecule has 0 saturated carbocycles. The average molecular weight is 329 g/mol. The molecule has 1 aliphatic rings. The predicted molar refractivity (Wildman–Crippen MR) is 63.7 cm³/mol. The van der Waals surface area contributed by atoms with Crippen molar-refractivity contribution in [2.45, 2.75) is 11.1 Å². The van der Waals surface area contributed by atoms with E-state index >= 15 is 0 Å². The number of carboxylic acid groups (broad SMARTS) is 1. The van der Waals surface area contributed by atoms with Gasteiger partial charge in [-0.3, -0.25) is 4.79 Å². The van der Waals surface area contributed by atoms with Gasteiger partial charge < -0.3 is 5.11 Å². The Morgan fingerprint density at radius 3 is 2.45 bits per heavy atom. The lowest BCUT2D eigenvalue weighted by Gasteiger charge is -2.18. The van der Waals surface area contributed by atoms with E-state index in [-0.39, 0.29) is 4.90 Å². The summed E-state index contributed by atoms with van der Waals surface area (Å²) in [6.45, 7) is -1.53. The number of halogens is 3. The van der Waals surface area contributed by atoms with Gasteiger partial charge in [0, 0.05) is 18.5 Å². The second-order valence-corrected chi connectivity index (χ2v) is 7.09. The third-order valence-electron chi connectivity index (χ3n) is 3.16. The number of rotatable bonds is 3. The molecule has 2 rings (SSSR count). The Labute approximate surface area is 116 Å². The largest absolute Gasteiger partial charge is 0.481 e. The lowest BCUT2D eigenvalue weighted by Crippen LogP contribution is -2.34. The van der Waals surface area contributed by atoms with Crippen LogP contribution in [0.3, 0.4) is 0 Å². The number of alkyl halides is 3. The van der Waals surface area contributed by atoms with Gasteiger partial charge in [-0.1, -0.05) is 0 Å². The van der Waals surface area contributed by atoms with Crippen LogP contribution >= 0.6 is 11.3 Å². The smallest absolute Gasteiger partial charge is 0.393 e. The topological polar surface area (TPSA) is 74.7 Å². The monoisotopic (exact) mass is 329 g/mol. The van der Waals surface area contributed by atoms with E-state index in [0.29, 0.717) is 4.31 Å². The molecule has 0 amide bonds. The summed E-state index contributed by atoms with van der Waals surface area (Å²) >= 11 is 1.09. The fourth-order valence-electron chi connectivity index (χ4n) is 2.09. The molecule has 1 aromatic rings. The molecule has 1 N–H and O–H groups in total. The maximum atomic E-state index is 12.8. The van der Waals surface area contributed by atoms with Crippen molar-refractivity contribution in [3.63, 3.8) is 0 Å². The van der Waals surface area contributed by atoms with Crippen molar-refractivity contribution in [2.75, 3.05) is 13.1 Å². The van der Waals surface area contributed by atoms with E-state index in [1.165, 1.54) is 16.8 Å². The molecule has 10 heteroatoms. The molecule has 0 unspecified atom stereocenters. The van der Waals surface area contributed by atoms with E-state index in [2.05, 4.69) is 0 Å². The SMILES string of the molecule is O=C(O)[C@@H]1CN(S(=O)(=O)c2ccsc2)C[C@H]1C(F)(F)F. The summed E-state index contributed by atoms with van der Waals surface area (Å²) in [5.74, 6) is -5.60. The summed E-state index contributed by atoms with van der Waals surface area (Å²) in [6.07, 6.45) is -4.75. The van der Waals surface area contributed by atoms with Crippen LogP contribution in [0.5, 0.6) is 0 Å². The van der Waals surface area contributed by atoms with Crippen molar-refractivity contribution in [3.05, 3.63) is 16.8 Å². The molecule has 0 spiro atoms. The molecule has 0 radical (unpaired) electrons. The summed E-state index contributed by atoms with van der Waals surface area (Å²) in [4.78, 5) is 10.8. The molecule has 1 fully saturated rings. The molecular formula is C10H10F3NO4S2. The second-order valence-electron chi connectivity index (χ2n) is 4.37. The number of carboxylic acids is 1. The van der Waals surface area contributed by atoms with Gasteiger partial charge in [0.05, 0.1) is 16.7 Å². The Balaban J connectivity index is 2.31. The summed E-state index contributed by atoms with van der Waals surface area (Å²) in [7, 11) is -4.07. The molecule has 2 heterocycles. The molecule has 1 aromatic heterocycles. The third kappa shape index (κ3) is 2.67. The number of aliphatic carboxylic acids is 1. The first-order valence-corrected chi connectivity index (χ1v) is 7.84. The number of thiophene rings is 1. The molecule has 0 bridgehead atoms. The third-order valence-corrected chi connectivity index (χ3v) is 5.82. The van der Waals surface area contributed by atoms with Gasteiger partial charge in [-0.25, -0.2) is 8.42 Å². The maximum Gasteiger partial charge on any atom is 0.393 e. The van der Waals surface area contributed by atoms with Crippen LogP contribution in [0.25, 0.3) is 0 Å². The lowest BCUT2D eigenvalue weighted by atomic mass is 9.96. The zero-order chi connectivity index (χ0) is 15.1. The molecule has 2 atom stereocenters. The van der Waals surface area contributed by atoms with E-state index in [0.717, 1.165) is 11.3 Å². The van der Waals surface area contributed by atoms with Crippen LogP contribution in [0.2, 0.25) is 0 Å². The van der Waals surface area contributed by atoms with E-state index in [1.54, 1.807) is 0 Å². The molecule has 5 nitrogen and oxygen atoms in total. The lowest BCUT2D eigenvalue weighted by molar-refractivity contribution is -0.187. The van der Waals surface area contributed by atoms with Gasteiger partial charge in [-0.15, -0.1) is 0 Å². The zero-order valence-electron chi connectivity index (χ0n) is 9.87. The fraction of sp³-hybridized carbons (Fsp3) is 0.500. The van der Waals surface area contributed by atoms with Crippen molar-refractivity contribution in [1.82, 2.24) is 4.31 Å². The normalized spacial score (nSPS) is 24.9. The van der Waals surface area contributed by atoms with Crippen LogP contribution in [0.1, 0.15) is 0 Å². The van der Waals surface area contributed by atoms with Gasteiger partial charge in [0.1, 0.15) is 0 Å². The molecule has 1 aliphatic heterocycles. The van der Waals surface area contributed by atoms with Crippen LogP contribution in [0, 0.1) is 11.8 Å². The zero-order valence-corrected chi connectivity index (χ0v) is 11.5. The summed E-state index contributed by atoms with van der Waals surface area (Å²) < 4.78 is 63.2. The van der Waals surface area contributed by atoms with Gasteiger partial charge in [0.25, 0.3) is 0 Å². The van der Waals surface area contributed by atoms with E-state index in [9.17, 15) is 26.4 Å². The van der Waals surface area contributed by atoms with E-state index < -0.39 is 47.1 Å². The van der Waals surface area contributed by atoms with Crippen molar-refractivity contribution in [2.24, 2.45) is 11.8 Å². The van der Waals surface area contributed by atoms with Crippen LogP contribution in [0.15, 0.2) is 21.7 Å². The number of hydrogen-bond donors (Lipinski definition) is 1. The minimum Gasteiger partial charge on any atom is -0.481 e. The first-order chi connectivity index (χ1) is 9.14. The van der Waals surface area contributed by atoms with E-state index in [1.807, 2.05) is 0 Å². The Morgan fingerprint density at radius 2 is 2.05 bits per heavy atom. The molecule has 112 valence electrons. The number of sulfonamides is 1. The fourth-order valence-corrected chi connectivity index (χ4v) is 4.60. The Hall–Kier alpha value is -1.13. The van der Waals surface area contributed by atoms with Crippen LogP contribution in [0.4, 0.5) is 13.2 Å². The molecule has 1 saturated heterocycles. The van der Waals surface area contributed by atoms with Gasteiger partial charge in [0.2, 0.25) is 10.0 Å². The van der Waals surface area contributed by atoms with Gasteiger partial charge in [0.15, 0.2) is 0 Å². The van der Waals surface area contributed by atoms with Crippen LogP contribution < -0.4 is 0 Å². The van der Waals surface area contributed by atoms with Crippen molar-refractivity contribution >= 4 is 27.3 Å². The molecule has 0 aliphatic carbocycles. The van der Waals surface area contributed by atoms with Gasteiger partial charge in [-0.05, 0) is 11.4 Å². The Bertz CT molecular complexity index is 597. The highest BCUT2D eigenvalue weighted by molar-refractivity contribution is 7.89. The number of hydrogen-bond acceptors (Lipinski definition) is 4. The second kappa shape index (κ2) is 5.01. The van der Waals surface area contributed by atoms with Gasteiger partial charge >= 0.3 is 12.1 Å². The quantitative estimate of drug-likeness (QED) is 0.915. The summed E-state index contributed by atoms with van der Waals surface area (Å²) in [6, 6.07) is 1.27. The maximum absolute atomic E-state index is 12.8. The van der Waals surface area contributed by atoms with Crippen LogP contribution in [-0.2, 0) is 14.8 Å². The van der Waals surface area contributed by atoms with Crippen LogP contribution in [-0.4, -0.2) is 43.1 Å². The van der Waals surface area contributed by atoms with E-state index in [4.69, 9.17) is 5.11 Å². The molecule has 20 heavy (non-hydrogen) atoms. The molecule has 0 aromatic carbocycles. The number of nitrogens with zero attached hydrogens (tertiary/aromatic N) is 1. The first kappa shape index (κ1) is 15.3. The van der Waals surface area contributed by atoms with Crippen molar-refractivity contribution in [3.8, 4) is 0 Å². The number of carbonyl (C=O) groups is 1. The van der Waals surface area contributed by atoms with Crippen molar-refractivity contribution < 1.29 is 31.5 Å². The minimum atomic E-state index is -4.75. The standard InChI is InChI=1S/C10H10F3NO4S2/c11-10(12,13)8-4-14(3-7(8)9(15)16)20(17,18)6-1-2-19-5-6/h1-2,5,7-8H,3-4H2,(H,15,16)/t7-,8-/m1/s1. The summed E-state index contributed by atoms with van der Waals surface area (Å²) in [5, 5.41) is 11.6. The minimum absolute atomic E-state index is 0.116. The Kier molecular flexibility index (Phi) is 3.82. The highest BCUT2D eigenvalue weighted by atomic mass is 32.2. The summed E-state index contributed by atoms with van der Waals surface area (Å²) in [5.41, 5.74) is 0. The Morgan fingerprint density at radius 1 is 1.40 bits per heavy atom. The van der Waals surface area contributed by atoms with Gasteiger partial charge in [-0.2, -0.15) is 28.8 Å². The molecular weight excluding hydrogens is 319 g/mol. The predicted octanol–water partition coefficient (Wildman–Crippen LogP) is 1.63. The van der Waals surface area contributed by atoms with Crippen molar-refractivity contribution in [1.29, 1.82) is 0 Å². The highest BCUT2D eigenvalue weighted by Crippen LogP contribution is 2.39. The highest BCUT2D eigenvalue weighted by Gasteiger charge is 2.54. The first-order valence-electron chi connectivity index (χ1n) is 5.46. The average Bonchev–Trinajstić information content (AvgIpc) is 2.98.